The second kappa shape index (κ2) is 5.04. The molecule has 1 aromatic heterocycles. The first-order valence-electron chi connectivity index (χ1n) is 5.61. The Hall–Kier alpha value is -2.52. The largest absolute Gasteiger partial charge is 0.431 e. The van der Waals surface area contributed by atoms with Gasteiger partial charge < -0.3 is 4.98 Å². The smallest absolute Gasteiger partial charge is 0.303 e. The molecule has 0 saturated heterocycles. The molecule has 1 N–H and O–H groups in total. The first-order chi connectivity index (χ1) is 10.00. The molecule has 0 aliphatic carbocycles. The Kier molecular flexibility index (Phi) is 3.63. The van der Waals surface area contributed by atoms with Crippen molar-refractivity contribution in [1.82, 2.24) is 9.55 Å². The molecule has 2 rings (SSSR count). The maximum Gasteiger partial charge on any atom is 0.431 e. The molecule has 0 spiro atoms. The van der Waals surface area contributed by atoms with E-state index in [1.807, 2.05) is 0 Å². The van der Waals surface area contributed by atoms with Crippen LogP contribution >= 0.6 is 0 Å². The van der Waals surface area contributed by atoms with Crippen LogP contribution in [0.3, 0.4) is 0 Å². The molecule has 0 aliphatic rings. The molecule has 4 nitrogen and oxygen atoms in total. The number of halogens is 6. The van der Waals surface area contributed by atoms with E-state index >= 15 is 0 Å². The van der Waals surface area contributed by atoms with Gasteiger partial charge in [0.2, 0.25) is 0 Å². The van der Waals surface area contributed by atoms with Gasteiger partial charge in [-0.1, -0.05) is 0 Å². The van der Waals surface area contributed by atoms with Gasteiger partial charge in [0, 0.05) is 6.07 Å². The van der Waals surface area contributed by atoms with Crippen LogP contribution in [0.25, 0.3) is 5.69 Å². The average Bonchev–Trinajstić information content (AvgIpc) is 2.36. The van der Waals surface area contributed by atoms with Gasteiger partial charge in [-0.15, -0.1) is 0 Å². The third-order valence-electron chi connectivity index (χ3n) is 2.69. The molecule has 1 heterocycles. The zero-order valence-electron chi connectivity index (χ0n) is 10.4. The van der Waals surface area contributed by atoms with Gasteiger partial charge in [0.05, 0.1) is 11.3 Å². The van der Waals surface area contributed by atoms with E-state index in [0.717, 1.165) is 12.1 Å². The molecule has 0 aliphatic heterocycles. The third-order valence-corrected chi connectivity index (χ3v) is 2.69. The molecular weight excluding hydrogens is 318 g/mol. The first-order valence-corrected chi connectivity index (χ1v) is 5.61. The molecule has 0 radical (unpaired) electrons. The fraction of sp³-hybridized carbons (Fsp3) is 0.167. The van der Waals surface area contributed by atoms with E-state index in [1.54, 1.807) is 0 Å². The van der Waals surface area contributed by atoms with E-state index in [0.29, 0.717) is 16.7 Å². The number of benzene rings is 1. The predicted octanol–water partition coefficient (Wildman–Crippen LogP) is 2.56. The number of nitrogens with one attached hydrogen (secondary N) is 1. The van der Waals surface area contributed by atoms with Crippen LogP contribution in [-0.2, 0) is 12.4 Å². The van der Waals surface area contributed by atoms with E-state index in [-0.39, 0.29) is 11.8 Å². The number of rotatable bonds is 1. The number of hydrogen-bond acceptors (Lipinski definition) is 2. The highest BCUT2D eigenvalue weighted by Gasteiger charge is 2.33. The highest BCUT2D eigenvalue weighted by atomic mass is 19.4. The number of H-pyrrole nitrogens is 1. The zero-order valence-corrected chi connectivity index (χ0v) is 10.4. The summed E-state index contributed by atoms with van der Waals surface area (Å²) in [6.07, 6.45) is -9.53. The van der Waals surface area contributed by atoms with Crippen LogP contribution in [0.4, 0.5) is 26.3 Å². The van der Waals surface area contributed by atoms with Crippen molar-refractivity contribution in [2.24, 2.45) is 0 Å². The standard InChI is InChI=1S/C12H6F6N2O2/c13-11(14,15)6-1-3-7(4-2-6)20-9(21)5-8(12(16,17)18)19-10(20)22/h1-5H,(H,19,22). The van der Waals surface area contributed by atoms with Crippen molar-refractivity contribution >= 4 is 0 Å². The molecule has 22 heavy (non-hydrogen) atoms. The third kappa shape index (κ3) is 3.05. The van der Waals surface area contributed by atoms with Crippen LogP contribution in [0.15, 0.2) is 39.9 Å². The minimum absolute atomic E-state index is 0.152. The zero-order chi connectivity index (χ0) is 16.7. The summed E-state index contributed by atoms with van der Waals surface area (Å²) >= 11 is 0. The van der Waals surface area contributed by atoms with Gasteiger partial charge in [-0.3, -0.25) is 4.79 Å². The molecule has 10 heteroatoms. The van der Waals surface area contributed by atoms with Crippen molar-refractivity contribution in [3.63, 3.8) is 0 Å². The van der Waals surface area contributed by atoms with E-state index in [4.69, 9.17) is 0 Å². The maximum absolute atomic E-state index is 12.4. The molecule has 2 aromatic rings. The Morgan fingerprint density at radius 1 is 0.864 bits per heavy atom. The normalized spacial score (nSPS) is 12.5. The Labute approximate surface area is 117 Å². The maximum atomic E-state index is 12.4. The minimum Gasteiger partial charge on any atom is -0.303 e. The quantitative estimate of drug-likeness (QED) is 0.820. The van der Waals surface area contributed by atoms with Gasteiger partial charge in [0.1, 0.15) is 5.69 Å². The Balaban J connectivity index is 2.55. The SMILES string of the molecule is O=c1cc(C(F)(F)F)[nH]c(=O)n1-c1ccc(C(F)(F)F)cc1. The van der Waals surface area contributed by atoms with Gasteiger partial charge in [0.15, 0.2) is 0 Å². The number of nitrogens with zero attached hydrogens (tertiary/aromatic N) is 1. The lowest BCUT2D eigenvalue weighted by molar-refractivity contribution is -0.141. The number of alkyl halides is 6. The van der Waals surface area contributed by atoms with Gasteiger partial charge in [-0.2, -0.15) is 26.3 Å². The molecule has 0 amide bonds. The summed E-state index contributed by atoms with van der Waals surface area (Å²) < 4.78 is 74.8. The minimum atomic E-state index is -4.92. The summed E-state index contributed by atoms with van der Waals surface area (Å²) in [7, 11) is 0. The fourth-order valence-electron chi connectivity index (χ4n) is 1.69. The molecule has 118 valence electrons. The Morgan fingerprint density at radius 3 is 1.82 bits per heavy atom. The van der Waals surface area contributed by atoms with Crippen LogP contribution in [-0.4, -0.2) is 9.55 Å². The monoisotopic (exact) mass is 324 g/mol. The lowest BCUT2D eigenvalue weighted by Crippen LogP contribution is -2.35. The summed E-state index contributed by atoms with van der Waals surface area (Å²) in [6.45, 7) is 0. The van der Waals surface area contributed by atoms with Gasteiger partial charge >= 0.3 is 18.0 Å². The highest BCUT2D eigenvalue weighted by molar-refractivity contribution is 5.35. The van der Waals surface area contributed by atoms with Crippen LogP contribution < -0.4 is 11.2 Å². The van der Waals surface area contributed by atoms with Crippen molar-refractivity contribution in [1.29, 1.82) is 0 Å². The average molecular weight is 324 g/mol. The van der Waals surface area contributed by atoms with Gasteiger partial charge in [-0.05, 0) is 24.3 Å². The van der Waals surface area contributed by atoms with Crippen molar-refractivity contribution < 1.29 is 26.3 Å². The van der Waals surface area contributed by atoms with Crippen molar-refractivity contribution in [3.8, 4) is 5.69 Å². The Bertz CT molecular complexity index is 767. The van der Waals surface area contributed by atoms with E-state index in [1.165, 1.54) is 4.98 Å². The van der Waals surface area contributed by atoms with E-state index in [2.05, 4.69) is 0 Å². The van der Waals surface area contributed by atoms with Crippen molar-refractivity contribution in [2.45, 2.75) is 12.4 Å². The van der Waals surface area contributed by atoms with Crippen LogP contribution in [0, 0.1) is 0 Å². The van der Waals surface area contributed by atoms with Crippen LogP contribution in [0.1, 0.15) is 11.3 Å². The molecule has 0 fully saturated rings. The first kappa shape index (κ1) is 15.9. The second-order valence-electron chi connectivity index (χ2n) is 4.20. The fourth-order valence-corrected chi connectivity index (χ4v) is 1.69. The van der Waals surface area contributed by atoms with E-state index in [9.17, 15) is 35.9 Å². The number of hydrogen-bond donors (Lipinski definition) is 1. The second-order valence-corrected chi connectivity index (χ2v) is 4.20. The lowest BCUT2D eigenvalue weighted by atomic mass is 10.2. The summed E-state index contributed by atoms with van der Waals surface area (Å²) in [5.74, 6) is 0. The molecule has 0 bridgehead atoms. The van der Waals surface area contributed by atoms with Gasteiger partial charge in [0.25, 0.3) is 5.56 Å². The van der Waals surface area contributed by atoms with E-state index < -0.39 is 34.9 Å². The molecular formula is C12H6F6N2O2. The van der Waals surface area contributed by atoms with Gasteiger partial charge in [-0.25, -0.2) is 9.36 Å². The lowest BCUT2D eigenvalue weighted by Gasteiger charge is -2.10. The number of aromatic nitrogens is 2. The molecule has 0 saturated carbocycles. The Morgan fingerprint density at radius 2 is 1.41 bits per heavy atom. The summed E-state index contributed by atoms with van der Waals surface area (Å²) in [5.41, 5.74) is -5.55. The molecule has 1 aromatic carbocycles. The molecule has 0 atom stereocenters. The summed E-state index contributed by atoms with van der Waals surface area (Å²) in [6, 6.07) is 3.00. The topological polar surface area (TPSA) is 54.9 Å². The van der Waals surface area contributed by atoms with Crippen LogP contribution in [0.2, 0.25) is 0 Å². The molecule has 0 unspecified atom stereocenters. The summed E-state index contributed by atoms with van der Waals surface area (Å²) in [4.78, 5) is 24.6. The van der Waals surface area contributed by atoms with Crippen LogP contribution in [0.5, 0.6) is 0 Å². The number of aromatic amines is 1. The van der Waals surface area contributed by atoms with Crippen molar-refractivity contribution in [3.05, 3.63) is 62.4 Å². The van der Waals surface area contributed by atoms with Crippen molar-refractivity contribution in [2.75, 3.05) is 0 Å². The summed E-state index contributed by atoms with van der Waals surface area (Å²) in [5, 5.41) is 0. The highest BCUT2D eigenvalue weighted by Crippen LogP contribution is 2.29. The predicted molar refractivity (Wildman–Crippen MR) is 62.7 cm³/mol.